The van der Waals surface area contributed by atoms with E-state index in [1.165, 1.54) is 44.1 Å². The summed E-state index contributed by atoms with van der Waals surface area (Å²) in [6.45, 7) is 2.82. The quantitative estimate of drug-likeness (QED) is 0.716. The topological polar surface area (TPSA) is 33.0 Å². The summed E-state index contributed by atoms with van der Waals surface area (Å²) in [5, 5.41) is 8.93. The second-order valence-electron chi connectivity index (χ2n) is 7.10. The van der Waals surface area contributed by atoms with Crippen LogP contribution in [0, 0.1) is 23.2 Å². The normalized spacial score (nSPS) is 30.8. The lowest BCUT2D eigenvalue weighted by Crippen LogP contribution is -2.33. The van der Waals surface area contributed by atoms with Crippen LogP contribution in [-0.2, 0) is 4.74 Å². The Morgan fingerprint density at radius 3 is 2.57 bits per heavy atom. The zero-order chi connectivity index (χ0) is 16.1. The van der Waals surface area contributed by atoms with Gasteiger partial charge >= 0.3 is 0 Å². The second kappa shape index (κ2) is 7.79. The average molecular weight is 309 g/mol. The minimum atomic E-state index is 0.471. The highest BCUT2D eigenvalue weighted by Gasteiger charge is 2.36. The van der Waals surface area contributed by atoms with Gasteiger partial charge in [-0.3, -0.25) is 0 Å². The van der Waals surface area contributed by atoms with E-state index in [9.17, 15) is 0 Å². The first-order valence-electron chi connectivity index (χ1n) is 9.03. The lowest BCUT2D eigenvalue weighted by molar-refractivity contribution is -0.00319. The maximum Gasteiger partial charge on any atom is 0.0991 e. The van der Waals surface area contributed by atoms with Crippen LogP contribution in [0.2, 0.25) is 0 Å². The number of allylic oxidation sites excluding steroid dienone is 1. The van der Waals surface area contributed by atoms with Crippen LogP contribution in [0.5, 0.6) is 0 Å². The molecule has 0 saturated heterocycles. The van der Waals surface area contributed by atoms with E-state index < -0.39 is 0 Å². The molecule has 1 aromatic carbocycles. The van der Waals surface area contributed by atoms with Gasteiger partial charge in [0, 0.05) is 0 Å². The largest absolute Gasteiger partial charge is 0.374 e. The van der Waals surface area contributed by atoms with Gasteiger partial charge in [0.25, 0.3) is 0 Å². The first-order chi connectivity index (χ1) is 11.3. The molecule has 122 valence electrons. The first-order valence-corrected chi connectivity index (χ1v) is 9.03. The number of hydrogen-bond donors (Lipinski definition) is 0. The molecule has 0 bridgehead atoms. The molecule has 1 aromatic rings. The molecule has 0 radical (unpaired) electrons. The number of benzene rings is 1. The van der Waals surface area contributed by atoms with E-state index >= 15 is 0 Å². The Kier molecular flexibility index (Phi) is 5.51. The van der Waals surface area contributed by atoms with E-state index in [0.29, 0.717) is 12.0 Å². The number of fused-ring (bicyclic) bond motifs is 1. The maximum absolute atomic E-state index is 8.93. The van der Waals surface area contributed by atoms with Crippen LogP contribution < -0.4 is 0 Å². The summed E-state index contributed by atoms with van der Waals surface area (Å²) >= 11 is 0. The molecular formula is C21H27NO. The van der Waals surface area contributed by atoms with Gasteiger partial charge in [-0.25, -0.2) is 0 Å². The molecule has 2 nitrogen and oxygen atoms in total. The van der Waals surface area contributed by atoms with Crippen molar-refractivity contribution in [2.24, 2.45) is 11.8 Å². The molecule has 2 heteroatoms. The van der Waals surface area contributed by atoms with E-state index in [1.54, 1.807) is 0 Å². The van der Waals surface area contributed by atoms with Crippen LogP contribution in [0.25, 0.3) is 0 Å². The SMILES string of the molecule is C/C=C/COC1CCC2CC(c3ccc(C#N)cc3)CCC2C1. The van der Waals surface area contributed by atoms with Gasteiger partial charge in [-0.2, -0.15) is 5.26 Å². The molecule has 2 fully saturated rings. The standard InChI is InChI=1S/C21H27NO/c1-2-3-12-23-21-11-10-19-13-18(8-9-20(19)14-21)17-6-4-16(15-22)5-7-17/h2-7,18-21H,8-14H2,1H3/b3-2+. The molecule has 2 aliphatic carbocycles. The van der Waals surface area contributed by atoms with Crippen LogP contribution in [0.3, 0.4) is 0 Å². The van der Waals surface area contributed by atoms with Gasteiger partial charge in [-0.15, -0.1) is 0 Å². The Labute approximate surface area is 140 Å². The minimum absolute atomic E-state index is 0.471. The molecule has 0 N–H and O–H groups in total. The molecule has 4 atom stereocenters. The Bertz CT molecular complexity index is 568. The van der Waals surface area contributed by atoms with Crippen LogP contribution in [0.1, 0.15) is 62.5 Å². The zero-order valence-electron chi connectivity index (χ0n) is 14.1. The smallest absolute Gasteiger partial charge is 0.0991 e. The number of rotatable bonds is 4. The molecule has 23 heavy (non-hydrogen) atoms. The number of nitrogens with zero attached hydrogens (tertiary/aromatic N) is 1. The predicted octanol–water partition coefficient (Wildman–Crippen LogP) is 5.20. The van der Waals surface area contributed by atoms with Crippen molar-refractivity contribution in [3.8, 4) is 6.07 Å². The summed E-state index contributed by atoms with van der Waals surface area (Å²) in [4.78, 5) is 0. The monoisotopic (exact) mass is 309 g/mol. The van der Waals surface area contributed by atoms with Crippen molar-refractivity contribution in [2.75, 3.05) is 6.61 Å². The van der Waals surface area contributed by atoms with E-state index in [2.05, 4.69) is 30.4 Å². The molecule has 0 aliphatic heterocycles. The lowest BCUT2D eigenvalue weighted by Gasteiger charge is -2.42. The molecule has 3 rings (SSSR count). The molecular weight excluding hydrogens is 282 g/mol. The number of hydrogen-bond acceptors (Lipinski definition) is 2. The van der Waals surface area contributed by atoms with Crippen molar-refractivity contribution in [3.63, 3.8) is 0 Å². The summed E-state index contributed by atoms with van der Waals surface area (Å²) in [5.74, 6) is 2.41. The Balaban J connectivity index is 1.55. The fourth-order valence-electron chi connectivity index (χ4n) is 4.42. The number of nitriles is 1. The third-order valence-electron chi connectivity index (χ3n) is 5.74. The van der Waals surface area contributed by atoms with Gasteiger partial charge in [-0.1, -0.05) is 24.3 Å². The molecule has 0 aromatic heterocycles. The van der Waals surface area contributed by atoms with Crippen molar-refractivity contribution in [1.82, 2.24) is 0 Å². The molecule has 4 unspecified atom stereocenters. The minimum Gasteiger partial charge on any atom is -0.374 e. The maximum atomic E-state index is 8.93. The molecule has 0 heterocycles. The van der Waals surface area contributed by atoms with Crippen molar-refractivity contribution in [1.29, 1.82) is 5.26 Å². The second-order valence-corrected chi connectivity index (χ2v) is 7.10. The summed E-state index contributed by atoms with van der Waals surface area (Å²) in [5.41, 5.74) is 2.19. The first kappa shape index (κ1) is 16.3. The molecule has 2 aliphatic rings. The molecule has 0 spiro atoms. The van der Waals surface area contributed by atoms with Crippen molar-refractivity contribution in [3.05, 3.63) is 47.5 Å². The third kappa shape index (κ3) is 4.03. The molecule has 0 amide bonds. The van der Waals surface area contributed by atoms with E-state index in [-0.39, 0.29) is 0 Å². The Morgan fingerprint density at radius 2 is 1.83 bits per heavy atom. The van der Waals surface area contributed by atoms with Gasteiger partial charge < -0.3 is 4.74 Å². The Hall–Kier alpha value is -1.59. The fraction of sp³-hybridized carbons (Fsp3) is 0.571. The van der Waals surface area contributed by atoms with Gasteiger partial charge in [0.2, 0.25) is 0 Å². The highest BCUT2D eigenvalue weighted by molar-refractivity contribution is 5.33. The fourth-order valence-corrected chi connectivity index (χ4v) is 4.42. The van der Waals surface area contributed by atoms with E-state index in [4.69, 9.17) is 10.00 Å². The summed E-state index contributed by atoms with van der Waals surface area (Å²) in [6, 6.07) is 10.5. The third-order valence-corrected chi connectivity index (χ3v) is 5.74. The van der Waals surface area contributed by atoms with Crippen LogP contribution in [0.4, 0.5) is 0 Å². The van der Waals surface area contributed by atoms with Crippen molar-refractivity contribution >= 4 is 0 Å². The van der Waals surface area contributed by atoms with Crippen LogP contribution >= 0.6 is 0 Å². The van der Waals surface area contributed by atoms with Crippen molar-refractivity contribution < 1.29 is 4.74 Å². The number of ether oxygens (including phenoxy) is 1. The van der Waals surface area contributed by atoms with Crippen LogP contribution in [-0.4, -0.2) is 12.7 Å². The Morgan fingerprint density at radius 1 is 1.09 bits per heavy atom. The molecule has 2 saturated carbocycles. The summed E-state index contributed by atoms with van der Waals surface area (Å²) < 4.78 is 5.99. The zero-order valence-corrected chi connectivity index (χ0v) is 14.1. The van der Waals surface area contributed by atoms with Gasteiger partial charge in [0.15, 0.2) is 0 Å². The highest BCUT2D eigenvalue weighted by Crippen LogP contribution is 2.46. The van der Waals surface area contributed by atoms with Gasteiger partial charge in [0.05, 0.1) is 24.3 Å². The summed E-state index contributed by atoms with van der Waals surface area (Å²) in [7, 11) is 0. The van der Waals surface area contributed by atoms with E-state index in [0.717, 1.165) is 24.0 Å². The van der Waals surface area contributed by atoms with Crippen LogP contribution in [0.15, 0.2) is 36.4 Å². The van der Waals surface area contributed by atoms with Gasteiger partial charge in [-0.05, 0) is 80.9 Å². The van der Waals surface area contributed by atoms with Gasteiger partial charge in [0.1, 0.15) is 0 Å². The average Bonchev–Trinajstić information content (AvgIpc) is 2.61. The lowest BCUT2D eigenvalue weighted by atomic mass is 9.65. The van der Waals surface area contributed by atoms with Crippen molar-refractivity contribution in [2.45, 2.75) is 57.5 Å². The summed E-state index contributed by atoms with van der Waals surface area (Å²) in [6.07, 6.45) is 12.4. The predicted molar refractivity (Wildman–Crippen MR) is 93.1 cm³/mol. The van der Waals surface area contributed by atoms with E-state index in [1.807, 2.05) is 19.1 Å². The highest BCUT2D eigenvalue weighted by atomic mass is 16.5.